The van der Waals surface area contributed by atoms with Crippen LogP contribution in [0.15, 0.2) is 24.3 Å². The molecule has 1 nitrogen and oxygen atoms in total. The molecule has 0 fully saturated rings. The van der Waals surface area contributed by atoms with Gasteiger partial charge in [-0.3, -0.25) is 0 Å². The third kappa shape index (κ3) is 22.6. The normalized spacial score (nSPS) is 10.7. The Morgan fingerprint density at radius 3 is 1.65 bits per heavy atom. The zero-order valence-corrected chi connectivity index (χ0v) is 17.1. The van der Waals surface area contributed by atoms with Crippen molar-refractivity contribution in [3.63, 3.8) is 0 Å². The van der Waals surface area contributed by atoms with Gasteiger partial charge in [0.25, 0.3) is 0 Å². The Hall–Kier alpha value is -1.44. The lowest BCUT2D eigenvalue weighted by Gasteiger charge is -1.99. The van der Waals surface area contributed by atoms with Gasteiger partial charge in [0.05, 0.1) is 0 Å². The van der Waals surface area contributed by atoms with Crippen LogP contribution in [0.5, 0.6) is 0 Å². The second kappa shape index (κ2) is 23.6. The molecule has 0 aromatic heterocycles. The van der Waals surface area contributed by atoms with Gasteiger partial charge in [-0.2, -0.15) is 0 Å². The summed E-state index contributed by atoms with van der Waals surface area (Å²) in [6.45, 7) is 2.16. The quantitative estimate of drug-likeness (QED) is 0.180. The average Bonchev–Trinajstić information content (AvgIpc) is 2.66. The molecule has 0 heterocycles. The first-order chi connectivity index (χ1) is 12.9. The maximum atomic E-state index is 8.47. The highest BCUT2D eigenvalue weighted by Crippen LogP contribution is 2.10. The molecule has 0 aliphatic heterocycles. The molecule has 1 heteroatoms. The smallest absolute Gasteiger partial charge is 0.105 e. The fourth-order valence-corrected chi connectivity index (χ4v) is 2.81. The van der Waals surface area contributed by atoms with E-state index in [4.69, 9.17) is 5.11 Å². The minimum Gasteiger partial charge on any atom is -0.384 e. The molecule has 1 N–H and O–H groups in total. The Bertz CT molecular complexity index is 450. The SMILES string of the molecule is CCCCCCCC/C=C\CCCCCCCC/C=C\C#CC#CCO. The topological polar surface area (TPSA) is 20.2 Å². The third-order valence-electron chi connectivity index (χ3n) is 4.39. The van der Waals surface area contributed by atoms with E-state index >= 15 is 0 Å². The zero-order valence-electron chi connectivity index (χ0n) is 17.1. The van der Waals surface area contributed by atoms with Gasteiger partial charge in [0.1, 0.15) is 6.61 Å². The molecule has 0 amide bonds. The molecule has 0 radical (unpaired) electrons. The standard InChI is InChI=1S/C25H40O/c1-2-3-4-5-6-7-8-9-10-11-12-13-14-15-16-17-18-19-20-21-22-23-24-25-26/h9-10,19-20,26H,2-8,11-18,25H2,1H3/b10-9-,20-19-. The Kier molecular flexibility index (Phi) is 22.3. The van der Waals surface area contributed by atoms with Gasteiger partial charge in [0, 0.05) is 0 Å². The van der Waals surface area contributed by atoms with Crippen LogP contribution < -0.4 is 0 Å². The summed E-state index contributed by atoms with van der Waals surface area (Å²) in [5.74, 6) is 10.6. The first-order valence-corrected chi connectivity index (χ1v) is 10.8. The minimum absolute atomic E-state index is 0.117. The third-order valence-corrected chi connectivity index (χ3v) is 4.39. The summed E-state index contributed by atoms with van der Waals surface area (Å²) in [6.07, 6.45) is 28.8. The molecule has 0 saturated carbocycles. The van der Waals surface area contributed by atoms with Gasteiger partial charge in [-0.1, -0.05) is 94.8 Å². The zero-order chi connectivity index (χ0) is 19.0. The molecular weight excluding hydrogens is 316 g/mol. The highest BCUT2D eigenvalue weighted by molar-refractivity contribution is 5.30. The molecule has 0 atom stereocenters. The molecule has 0 aliphatic carbocycles. The Labute approximate surface area is 163 Å². The molecule has 0 saturated heterocycles. The lowest BCUT2D eigenvalue weighted by Crippen LogP contribution is -1.80. The summed E-state index contributed by atoms with van der Waals surface area (Å²) in [5, 5.41) is 8.47. The highest BCUT2D eigenvalue weighted by Gasteiger charge is 1.91. The monoisotopic (exact) mass is 356 g/mol. The van der Waals surface area contributed by atoms with Crippen molar-refractivity contribution in [2.45, 2.75) is 103 Å². The van der Waals surface area contributed by atoms with E-state index in [0.29, 0.717) is 0 Å². The Morgan fingerprint density at radius 2 is 1.12 bits per heavy atom. The van der Waals surface area contributed by atoms with Crippen molar-refractivity contribution in [1.29, 1.82) is 0 Å². The molecule has 0 bridgehead atoms. The van der Waals surface area contributed by atoms with Crippen LogP contribution in [-0.4, -0.2) is 11.7 Å². The Balaban J connectivity index is 3.22. The number of rotatable bonds is 16. The molecular formula is C25H40O. The largest absolute Gasteiger partial charge is 0.384 e. The van der Waals surface area contributed by atoms with E-state index in [1.807, 2.05) is 6.08 Å². The van der Waals surface area contributed by atoms with Crippen LogP contribution >= 0.6 is 0 Å². The summed E-state index contributed by atoms with van der Waals surface area (Å²) in [6, 6.07) is 0. The van der Waals surface area contributed by atoms with E-state index in [1.165, 1.54) is 89.9 Å². The van der Waals surface area contributed by atoms with Crippen LogP contribution in [-0.2, 0) is 0 Å². The molecule has 0 aliphatic rings. The number of aliphatic hydroxyl groups is 1. The van der Waals surface area contributed by atoms with Gasteiger partial charge in [0.2, 0.25) is 0 Å². The molecule has 0 unspecified atom stereocenters. The number of allylic oxidation sites excluding steroid dienone is 4. The lowest BCUT2D eigenvalue weighted by atomic mass is 10.1. The van der Waals surface area contributed by atoms with E-state index in [0.717, 1.165) is 6.42 Å². The predicted octanol–water partition coefficient (Wildman–Crippen LogP) is 6.97. The van der Waals surface area contributed by atoms with E-state index in [2.05, 4.69) is 48.8 Å². The van der Waals surface area contributed by atoms with Crippen LogP contribution in [0.1, 0.15) is 103 Å². The predicted molar refractivity (Wildman–Crippen MR) is 116 cm³/mol. The fourth-order valence-electron chi connectivity index (χ4n) is 2.81. The number of unbranched alkanes of at least 4 members (excludes halogenated alkanes) is 13. The number of hydrogen-bond donors (Lipinski definition) is 1. The average molecular weight is 357 g/mol. The molecule has 0 spiro atoms. The minimum atomic E-state index is -0.117. The van der Waals surface area contributed by atoms with Crippen molar-refractivity contribution in [2.24, 2.45) is 0 Å². The van der Waals surface area contributed by atoms with Gasteiger partial charge >= 0.3 is 0 Å². The van der Waals surface area contributed by atoms with Gasteiger partial charge in [-0.05, 0) is 56.4 Å². The van der Waals surface area contributed by atoms with Crippen LogP contribution in [0.3, 0.4) is 0 Å². The van der Waals surface area contributed by atoms with Crippen molar-refractivity contribution < 1.29 is 5.11 Å². The summed E-state index contributed by atoms with van der Waals surface area (Å²) in [4.78, 5) is 0. The van der Waals surface area contributed by atoms with Crippen LogP contribution in [0.2, 0.25) is 0 Å². The Morgan fingerprint density at radius 1 is 0.615 bits per heavy atom. The van der Waals surface area contributed by atoms with Gasteiger partial charge in [-0.15, -0.1) is 0 Å². The molecule has 0 aromatic carbocycles. The summed E-state index contributed by atoms with van der Waals surface area (Å²) in [7, 11) is 0. The molecule has 26 heavy (non-hydrogen) atoms. The van der Waals surface area contributed by atoms with Crippen molar-refractivity contribution >= 4 is 0 Å². The molecule has 146 valence electrons. The number of aliphatic hydroxyl groups excluding tert-OH is 1. The maximum Gasteiger partial charge on any atom is 0.105 e. The lowest BCUT2D eigenvalue weighted by molar-refractivity contribution is 0.350. The van der Waals surface area contributed by atoms with Gasteiger partial charge in [-0.25, -0.2) is 0 Å². The first-order valence-electron chi connectivity index (χ1n) is 10.8. The van der Waals surface area contributed by atoms with E-state index in [9.17, 15) is 0 Å². The highest BCUT2D eigenvalue weighted by atomic mass is 16.2. The van der Waals surface area contributed by atoms with Crippen LogP contribution in [0.25, 0.3) is 0 Å². The van der Waals surface area contributed by atoms with E-state index < -0.39 is 0 Å². The summed E-state index contributed by atoms with van der Waals surface area (Å²) in [5.41, 5.74) is 0. The number of hydrogen-bond acceptors (Lipinski definition) is 1. The molecule has 0 aromatic rings. The second-order valence-electron chi connectivity index (χ2n) is 6.86. The maximum absolute atomic E-state index is 8.47. The fraction of sp³-hybridized carbons (Fsp3) is 0.680. The summed E-state index contributed by atoms with van der Waals surface area (Å²) >= 11 is 0. The van der Waals surface area contributed by atoms with Crippen molar-refractivity contribution in [3.8, 4) is 23.7 Å². The van der Waals surface area contributed by atoms with Crippen LogP contribution in [0.4, 0.5) is 0 Å². The first kappa shape index (κ1) is 24.6. The second-order valence-corrected chi connectivity index (χ2v) is 6.86. The van der Waals surface area contributed by atoms with E-state index in [1.54, 1.807) is 0 Å². The van der Waals surface area contributed by atoms with Crippen molar-refractivity contribution in [3.05, 3.63) is 24.3 Å². The van der Waals surface area contributed by atoms with E-state index in [-0.39, 0.29) is 6.61 Å². The van der Waals surface area contributed by atoms with Gasteiger partial charge < -0.3 is 5.11 Å². The van der Waals surface area contributed by atoms with Crippen LogP contribution in [0, 0.1) is 23.7 Å². The summed E-state index contributed by atoms with van der Waals surface area (Å²) < 4.78 is 0. The van der Waals surface area contributed by atoms with Gasteiger partial charge in [0.15, 0.2) is 0 Å². The molecule has 0 rings (SSSR count). The van der Waals surface area contributed by atoms with Crippen molar-refractivity contribution in [2.75, 3.05) is 6.61 Å². The van der Waals surface area contributed by atoms with Crippen molar-refractivity contribution in [1.82, 2.24) is 0 Å².